The molecule has 0 aromatic heterocycles. The number of amides is 2. The molecule has 1 saturated carbocycles. The first kappa shape index (κ1) is 12.1. The Morgan fingerprint density at radius 3 is 2.18 bits per heavy atom. The minimum atomic E-state index is -0.483. The summed E-state index contributed by atoms with van der Waals surface area (Å²) in [6.07, 6.45) is 0.543. The van der Waals surface area contributed by atoms with Crippen LogP contribution in [-0.4, -0.2) is 23.3 Å². The van der Waals surface area contributed by atoms with Crippen molar-refractivity contribution in [3.8, 4) is 6.07 Å². The van der Waals surface area contributed by atoms with Crippen molar-refractivity contribution in [2.75, 3.05) is 6.54 Å². The Balaban J connectivity index is 2.01. The largest absolute Gasteiger partial charge is 0.282 e. The fourth-order valence-electron chi connectivity index (χ4n) is 2.67. The number of carbonyl (C=O) groups is 2. The van der Waals surface area contributed by atoms with Crippen LogP contribution >= 0.6 is 0 Å². The predicted octanol–water partition coefficient (Wildman–Crippen LogP) is 1.57. The van der Waals surface area contributed by atoms with Gasteiger partial charge in [0.1, 0.15) is 0 Å². The zero-order valence-electron chi connectivity index (χ0n) is 10.8. The van der Waals surface area contributed by atoms with Crippen molar-refractivity contribution in [2.24, 2.45) is 22.7 Å². The lowest BCUT2D eigenvalue weighted by Crippen LogP contribution is -2.38. The number of likely N-dealkylation sites (tertiary alicyclic amines) is 1. The van der Waals surface area contributed by atoms with Crippen LogP contribution in [0.4, 0.5) is 0 Å². The number of nitrogens with zero attached hydrogens (tertiary/aromatic N) is 2. The smallest absolute Gasteiger partial charge is 0.233 e. The summed E-state index contributed by atoms with van der Waals surface area (Å²) in [6, 6.07) is 2.18. The van der Waals surface area contributed by atoms with Gasteiger partial charge in [-0.05, 0) is 25.7 Å². The molecule has 0 N–H and O–H groups in total. The molecule has 4 heteroatoms. The van der Waals surface area contributed by atoms with Gasteiger partial charge in [0.15, 0.2) is 0 Å². The highest BCUT2D eigenvalue weighted by atomic mass is 16.2. The Kier molecular flexibility index (Phi) is 2.36. The molecular weight excluding hydrogens is 216 g/mol. The van der Waals surface area contributed by atoms with Crippen LogP contribution in [0.2, 0.25) is 0 Å². The van der Waals surface area contributed by atoms with Crippen molar-refractivity contribution in [1.82, 2.24) is 4.90 Å². The number of rotatable bonds is 3. The Morgan fingerprint density at radius 1 is 1.29 bits per heavy atom. The molecule has 2 aliphatic rings. The molecule has 1 saturated heterocycles. The molecule has 2 amide bonds. The zero-order valence-corrected chi connectivity index (χ0v) is 10.8. The van der Waals surface area contributed by atoms with Crippen molar-refractivity contribution < 1.29 is 9.59 Å². The average molecular weight is 234 g/mol. The average Bonchev–Trinajstić information content (AvgIpc) is 2.69. The van der Waals surface area contributed by atoms with Crippen molar-refractivity contribution in [3.63, 3.8) is 0 Å². The molecule has 0 bridgehead atoms. The molecule has 0 radical (unpaired) electrons. The van der Waals surface area contributed by atoms with Gasteiger partial charge in [-0.15, -0.1) is 0 Å². The summed E-state index contributed by atoms with van der Waals surface area (Å²) < 4.78 is 0. The van der Waals surface area contributed by atoms with E-state index < -0.39 is 5.41 Å². The molecule has 0 spiro atoms. The van der Waals surface area contributed by atoms with E-state index in [4.69, 9.17) is 5.26 Å². The highest BCUT2D eigenvalue weighted by Gasteiger charge is 2.72. The van der Waals surface area contributed by atoms with Gasteiger partial charge in [-0.25, -0.2) is 0 Å². The van der Waals surface area contributed by atoms with E-state index in [1.807, 2.05) is 27.7 Å². The van der Waals surface area contributed by atoms with E-state index in [1.165, 1.54) is 4.90 Å². The number of hydrogen-bond donors (Lipinski definition) is 0. The molecule has 1 aliphatic carbocycles. The van der Waals surface area contributed by atoms with Crippen molar-refractivity contribution in [1.29, 1.82) is 5.26 Å². The highest BCUT2D eigenvalue weighted by Crippen LogP contribution is 2.63. The van der Waals surface area contributed by atoms with Gasteiger partial charge in [-0.3, -0.25) is 14.5 Å². The van der Waals surface area contributed by atoms with E-state index in [0.29, 0.717) is 13.0 Å². The quantitative estimate of drug-likeness (QED) is 0.696. The lowest BCUT2D eigenvalue weighted by atomic mass is 9.91. The summed E-state index contributed by atoms with van der Waals surface area (Å²) in [6.45, 7) is 7.95. The number of imide groups is 1. The van der Waals surface area contributed by atoms with Gasteiger partial charge in [0.2, 0.25) is 11.8 Å². The van der Waals surface area contributed by atoms with Gasteiger partial charge in [-0.1, -0.05) is 13.8 Å². The molecule has 0 aromatic rings. The van der Waals surface area contributed by atoms with Crippen LogP contribution in [0.25, 0.3) is 0 Å². The second-order valence-corrected chi connectivity index (χ2v) is 6.35. The fourth-order valence-corrected chi connectivity index (χ4v) is 2.67. The lowest BCUT2D eigenvalue weighted by Gasteiger charge is -2.23. The SMILES string of the molecule is CC(C)(C#N)CCN1C(=O)C2C(C1=O)C2(C)C. The summed E-state index contributed by atoms with van der Waals surface area (Å²) in [4.78, 5) is 25.3. The number of nitriles is 1. The highest BCUT2D eigenvalue weighted by molar-refractivity contribution is 6.10. The molecule has 2 unspecified atom stereocenters. The lowest BCUT2D eigenvalue weighted by molar-refractivity contribution is -0.143. The first-order valence-electron chi connectivity index (χ1n) is 5.99. The Labute approximate surface area is 102 Å². The maximum absolute atomic E-state index is 12.0. The second kappa shape index (κ2) is 3.32. The fraction of sp³-hybridized carbons (Fsp3) is 0.769. The van der Waals surface area contributed by atoms with Crippen molar-refractivity contribution >= 4 is 11.8 Å². The third-order valence-corrected chi connectivity index (χ3v) is 4.15. The van der Waals surface area contributed by atoms with E-state index in [-0.39, 0.29) is 29.1 Å². The van der Waals surface area contributed by atoms with Crippen LogP contribution in [-0.2, 0) is 9.59 Å². The molecule has 1 aliphatic heterocycles. The maximum Gasteiger partial charge on any atom is 0.233 e. The van der Waals surface area contributed by atoms with E-state index >= 15 is 0 Å². The standard InChI is InChI=1S/C13H18N2O2/c1-12(2,7-14)5-6-15-10(16)8-9(11(15)17)13(8,3)4/h8-9H,5-6H2,1-4H3. The Bertz CT molecular complexity index is 407. The number of carbonyl (C=O) groups excluding carboxylic acids is 2. The van der Waals surface area contributed by atoms with Crippen LogP contribution in [0.15, 0.2) is 0 Å². The van der Waals surface area contributed by atoms with Gasteiger partial charge in [0, 0.05) is 6.54 Å². The van der Waals surface area contributed by atoms with Crippen molar-refractivity contribution in [3.05, 3.63) is 0 Å². The van der Waals surface area contributed by atoms with Gasteiger partial charge in [-0.2, -0.15) is 5.26 Å². The molecule has 0 aromatic carbocycles. The topological polar surface area (TPSA) is 61.2 Å². The van der Waals surface area contributed by atoms with Crippen LogP contribution in [0, 0.1) is 34.0 Å². The molecule has 2 fully saturated rings. The molecule has 17 heavy (non-hydrogen) atoms. The van der Waals surface area contributed by atoms with Gasteiger partial charge < -0.3 is 0 Å². The van der Waals surface area contributed by atoms with E-state index in [0.717, 1.165) is 0 Å². The summed E-state index contributed by atoms with van der Waals surface area (Å²) in [5, 5.41) is 8.91. The Morgan fingerprint density at radius 2 is 1.76 bits per heavy atom. The van der Waals surface area contributed by atoms with Crippen LogP contribution in [0.3, 0.4) is 0 Å². The molecule has 2 atom stereocenters. The monoisotopic (exact) mass is 234 g/mol. The van der Waals surface area contributed by atoms with E-state index in [9.17, 15) is 9.59 Å². The summed E-state index contributed by atoms with van der Waals surface area (Å²) in [7, 11) is 0. The summed E-state index contributed by atoms with van der Waals surface area (Å²) in [5.41, 5.74) is -0.627. The molecule has 1 heterocycles. The van der Waals surface area contributed by atoms with E-state index in [2.05, 4.69) is 6.07 Å². The van der Waals surface area contributed by atoms with Crippen molar-refractivity contribution in [2.45, 2.75) is 34.1 Å². The molecule has 2 rings (SSSR count). The first-order chi connectivity index (χ1) is 7.72. The Hall–Kier alpha value is -1.37. The second-order valence-electron chi connectivity index (χ2n) is 6.35. The van der Waals surface area contributed by atoms with Gasteiger partial charge in [0.05, 0.1) is 23.3 Å². The third kappa shape index (κ3) is 1.65. The number of hydrogen-bond acceptors (Lipinski definition) is 3. The number of piperidine rings is 1. The molecular formula is C13H18N2O2. The maximum atomic E-state index is 12.0. The first-order valence-corrected chi connectivity index (χ1v) is 5.99. The summed E-state index contributed by atoms with van der Waals surface area (Å²) in [5.74, 6) is -0.308. The third-order valence-electron chi connectivity index (χ3n) is 4.15. The van der Waals surface area contributed by atoms with Crippen LogP contribution in [0.1, 0.15) is 34.1 Å². The van der Waals surface area contributed by atoms with Crippen LogP contribution in [0.5, 0.6) is 0 Å². The van der Waals surface area contributed by atoms with E-state index in [1.54, 1.807) is 0 Å². The van der Waals surface area contributed by atoms with Crippen LogP contribution < -0.4 is 0 Å². The normalized spacial score (nSPS) is 30.2. The number of fused-ring (bicyclic) bond motifs is 1. The zero-order chi connectivity index (χ0) is 13.0. The minimum absolute atomic E-state index is 0.0428. The predicted molar refractivity (Wildman–Crippen MR) is 61.5 cm³/mol. The van der Waals surface area contributed by atoms with Gasteiger partial charge >= 0.3 is 0 Å². The minimum Gasteiger partial charge on any atom is -0.282 e. The van der Waals surface area contributed by atoms with Gasteiger partial charge in [0.25, 0.3) is 0 Å². The molecule has 4 nitrogen and oxygen atoms in total. The molecule has 92 valence electrons. The summed E-state index contributed by atoms with van der Waals surface area (Å²) >= 11 is 0.